The maximum atomic E-state index is 13.4. The molecule has 8 heteroatoms. The van der Waals surface area contributed by atoms with Crippen LogP contribution in [0.3, 0.4) is 0 Å². The first-order valence-corrected chi connectivity index (χ1v) is 8.45. The van der Waals surface area contributed by atoms with Crippen molar-refractivity contribution in [2.45, 2.75) is 13.0 Å². The quantitative estimate of drug-likeness (QED) is 0.700. The first-order chi connectivity index (χ1) is 12.4. The number of halogens is 3. The van der Waals surface area contributed by atoms with Crippen molar-refractivity contribution < 1.29 is 18.4 Å². The van der Waals surface area contributed by atoms with Crippen LogP contribution in [0.4, 0.5) is 19.3 Å². The van der Waals surface area contributed by atoms with Gasteiger partial charge in [-0.25, -0.2) is 13.6 Å². The lowest BCUT2D eigenvalue weighted by molar-refractivity contribution is -0.113. The first kappa shape index (κ1) is 18.1. The molecule has 0 fully saturated rings. The molecule has 134 valence electrons. The number of anilines is 1. The number of hydrogen-bond acceptors (Lipinski definition) is 2. The van der Waals surface area contributed by atoms with Crippen molar-refractivity contribution in [2.75, 3.05) is 5.32 Å². The topological polar surface area (TPSA) is 70.2 Å². The molecule has 0 aliphatic carbocycles. The van der Waals surface area contributed by atoms with Crippen molar-refractivity contribution in [3.63, 3.8) is 0 Å². The van der Waals surface area contributed by atoms with E-state index in [0.717, 1.165) is 16.6 Å². The van der Waals surface area contributed by atoms with Crippen molar-refractivity contribution >= 4 is 33.6 Å². The van der Waals surface area contributed by atoms with Gasteiger partial charge >= 0.3 is 6.03 Å². The van der Waals surface area contributed by atoms with E-state index in [2.05, 4.69) is 31.9 Å². The van der Waals surface area contributed by atoms with Gasteiger partial charge in [0.2, 0.25) is 0 Å². The Balaban J connectivity index is 1.97. The molecule has 0 saturated carbocycles. The monoisotopic (exact) mass is 421 g/mol. The lowest BCUT2D eigenvalue weighted by Gasteiger charge is -2.29. The molecule has 1 aliphatic rings. The molecule has 0 unspecified atom stereocenters. The highest BCUT2D eigenvalue weighted by atomic mass is 79.9. The number of rotatable bonds is 3. The van der Waals surface area contributed by atoms with E-state index >= 15 is 0 Å². The summed E-state index contributed by atoms with van der Waals surface area (Å²) in [4.78, 5) is 24.7. The number of benzene rings is 2. The van der Waals surface area contributed by atoms with Gasteiger partial charge in [0.1, 0.15) is 0 Å². The third kappa shape index (κ3) is 3.60. The van der Waals surface area contributed by atoms with Crippen LogP contribution >= 0.6 is 15.9 Å². The average Bonchev–Trinajstić information content (AvgIpc) is 2.57. The zero-order chi connectivity index (χ0) is 18.8. The van der Waals surface area contributed by atoms with Gasteiger partial charge in [-0.3, -0.25) is 4.79 Å². The van der Waals surface area contributed by atoms with Gasteiger partial charge in [0, 0.05) is 21.9 Å². The van der Waals surface area contributed by atoms with Gasteiger partial charge < -0.3 is 16.0 Å². The molecule has 1 aliphatic heterocycles. The van der Waals surface area contributed by atoms with Gasteiger partial charge in [0.15, 0.2) is 11.6 Å². The minimum absolute atomic E-state index is 0.108. The molecule has 0 saturated heterocycles. The third-order valence-corrected chi connectivity index (χ3v) is 4.63. The summed E-state index contributed by atoms with van der Waals surface area (Å²) in [5.41, 5.74) is 1.44. The molecule has 1 heterocycles. The molecule has 2 aromatic carbocycles. The average molecular weight is 422 g/mol. The van der Waals surface area contributed by atoms with Gasteiger partial charge in [-0.2, -0.15) is 0 Å². The van der Waals surface area contributed by atoms with Crippen molar-refractivity contribution in [1.29, 1.82) is 0 Å². The second-order valence-electron chi connectivity index (χ2n) is 5.67. The lowest BCUT2D eigenvalue weighted by atomic mass is 9.95. The predicted octanol–water partition coefficient (Wildman–Crippen LogP) is 3.99. The van der Waals surface area contributed by atoms with Crippen molar-refractivity contribution in [3.8, 4) is 0 Å². The summed E-state index contributed by atoms with van der Waals surface area (Å²) in [5, 5.41) is 7.80. The van der Waals surface area contributed by atoms with E-state index in [1.807, 2.05) is 6.07 Å². The highest BCUT2D eigenvalue weighted by Crippen LogP contribution is 2.32. The Kier molecular flexibility index (Phi) is 5.03. The zero-order valence-corrected chi connectivity index (χ0v) is 15.2. The minimum atomic E-state index is -1.06. The SMILES string of the molecule is CC1=C(C(=O)Nc2ccc(F)c(F)c2)[C@H](c2ccccc2Br)NC(=O)N1. The Bertz CT molecular complexity index is 930. The number of allylic oxidation sites excluding steroid dienone is 1. The summed E-state index contributed by atoms with van der Waals surface area (Å²) in [5.74, 6) is -2.61. The Morgan fingerprint density at radius 3 is 2.58 bits per heavy atom. The molecule has 5 nitrogen and oxygen atoms in total. The summed E-state index contributed by atoms with van der Waals surface area (Å²) in [6.07, 6.45) is 0. The predicted molar refractivity (Wildman–Crippen MR) is 96.2 cm³/mol. The van der Waals surface area contributed by atoms with E-state index < -0.39 is 29.6 Å². The molecule has 1 atom stereocenters. The van der Waals surface area contributed by atoms with E-state index in [-0.39, 0.29) is 11.3 Å². The van der Waals surface area contributed by atoms with E-state index in [1.54, 1.807) is 25.1 Å². The molecular weight excluding hydrogens is 408 g/mol. The van der Waals surface area contributed by atoms with Gasteiger partial charge in [0.25, 0.3) is 5.91 Å². The standard InChI is InChI=1S/C18H14BrF2N3O2/c1-9-15(17(25)23-10-6-7-13(20)14(21)8-10)16(24-18(26)22-9)11-4-2-3-5-12(11)19/h2-8,16H,1H3,(H,23,25)(H2,22,24,26)/t16-/m0/s1. The molecular formula is C18H14BrF2N3O2. The number of hydrogen-bond donors (Lipinski definition) is 3. The van der Waals surface area contributed by atoms with Crippen LogP contribution in [0.1, 0.15) is 18.5 Å². The maximum absolute atomic E-state index is 13.4. The fourth-order valence-corrected chi connectivity index (χ4v) is 3.22. The van der Waals surface area contributed by atoms with Crippen LogP contribution in [0.25, 0.3) is 0 Å². The number of urea groups is 1. The summed E-state index contributed by atoms with van der Waals surface area (Å²) >= 11 is 3.42. The van der Waals surface area contributed by atoms with Crippen LogP contribution in [0, 0.1) is 11.6 Å². The Labute approximate surface area is 156 Å². The molecule has 0 radical (unpaired) electrons. The van der Waals surface area contributed by atoms with Gasteiger partial charge in [-0.05, 0) is 30.7 Å². The fourth-order valence-electron chi connectivity index (χ4n) is 2.71. The number of amides is 3. The lowest BCUT2D eigenvalue weighted by Crippen LogP contribution is -2.46. The van der Waals surface area contributed by atoms with E-state index in [0.29, 0.717) is 11.3 Å². The molecule has 2 aromatic rings. The highest BCUT2D eigenvalue weighted by Gasteiger charge is 2.32. The van der Waals surface area contributed by atoms with Crippen LogP contribution in [-0.2, 0) is 4.79 Å². The van der Waals surface area contributed by atoms with E-state index in [4.69, 9.17) is 0 Å². The highest BCUT2D eigenvalue weighted by molar-refractivity contribution is 9.10. The van der Waals surface area contributed by atoms with Crippen molar-refractivity contribution in [2.24, 2.45) is 0 Å². The molecule has 0 spiro atoms. The molecule has 3 N–H and O–H groups in total. The van der Waals surface area contributed by atoms with Gasteiger partial charge in [0.05, 0.1) is 11.6 Å². The number of carbonyl (C=O) groups is 2. The Hall–Kier alpha value is -2.74. The number of carbonyl (C=O) groups excluding carboxylic acids is 2. The van der Waals surface area contributed by atoms with Gasteiger partial charge in [-0.15, -0.1) is 0 Å². The molecule has 3 amide bonds. The van der Waals surface area contributed by atoms with Crippen LogP contribution in [0.2, 0.25) is 0 Å². The van der Waals surface area contributed by atoms with Crippen LogP contribution in [0.15, 0.2) is 58.2 Å². The largest absolute Gasteiger partial charge is 0.327 e. The smallest absolute Gasteiger partial charge is 0.319 e. The summed E-state index contributed by atoms with van der Waals surface area (Å²) in [6.45, 7) is 1.60. The molecule has 0 aromatic heterocycles. The zero-order valence-electron chi connectivity index (χ0n) is 13.6. The van der Waals surface area contributed by atoms with E-state index in [9.17, 15) is 18.4 Å². The summed E-state index contributed by atoms with van der Waals surface area (Å²) in [7, 11) is 0. The van der Waals surface area contributed by atoms with Gasteiger partial charge in [-0.1, -0.05) is 34.1 Å². The molecule has 3 rings (SSSR count). The van der Waals surface area contributed by atoms with Crippen LogP contribution < -0.4 is 16.0 Å². The normalized spacial score (nSPS) is 16.8. The molecule has 26 heavy (non-hydrogen) atoms. The Morgan fingerprint density at radius 2 is 1.88 bits per heavy atom. The summed E-state index contributed by atoms with van der Waals surface area (Å²) < 4.78 is 27.2. The second-order valence-corrected chi connectivity index (χ2v) is 6.53. The third-order valence-electron chi connectivity index (χ3n) is 3.91. The minimum Gasteiger partial charge on any atom is -0.327 e. The first-order valence-electron chi connectivity index (χ1n) is 7.66. The van der Waals surface area contributed by atoms with Crippen LogP contribution in [-0.4, -0.2) is 11.9 Å². The second kappa shape index (κ2) is 7.25. The van der Waals surface area contributed by atoms with Crippen molar-refractivity contribution in [3.05, 3.63) is 75.4 Å². The van der Waals surface area contributed by atoms with Crippen molar-refractivity contribution in [1.82, 2.24) is 10.6 Å². The van der Waals surface area contributed by atoms with Crippen LogP contribution in [0.5, 0.6) is 0 Å². The molecule has 0 bridgehead atoms. The van der Waals surface area contributed by atoms with E-state index in [1.165, 1.54) is 6.07 Å². The fraction of sp³-hybridized carbons (Fsp3) is 0.111. The number of nitrogens with one attached hydrogen (secondary N) is 3. The summed E-state index contributed by atoms with van der Waals surface area (Å²) in [6, 6.07) is 9.11. The Morgan fingerprint density at radius 1 is 1.15 bits per heavy atom. The maximum Gasteiger partial charge on any atom is 0.319 e.